The molecule has 0 aromatic heterocycles. The highest BCUT2D eigenvalue weighted by Crippen LogP contribution is 2.36. The number of aliphatic hydroxyl groups excluding tert-OH is 1. The van der Waals surface area contributed by atoms with Crippen molar-refractivity contribution < 1.29 is 5.11 Å². The maximum Gasteiger partial charge on any atom is 0.0818 e. The van der Waals surface area contributed by atoms with Crippen LogP contribution in [0.25, 0.3) is 0 Å². The average molecular weight is 297 g/mol. The van der Waals surface area contributed by atoms with Crippen molar-refractivity contribution in [2.75, 3.05) is 0 Å². The molecule has 1 aliphatic carbocycles. The summed E-state index contributed by atoms with van der Waals surface area (Å²) in [6.07, 6.45) is 5.96. The first-order chi connectivity index (χ1) is 8.09. The Bertz CT molecular complexity index is 371. The number of aliphatic hydroxyl groups is 1. The molecule has 2 heteroatoms. The molecule has 0 radical (unpaired) electrons. The molecular formula is C15H21BrO. The summed E-state index contributed by atoms with van der Waals surface area (Å²) >= 11 is 3.58. The highest BCUT2D eigenvalue weighted by Gasteiger charge is 2.23. The second kappa shape index (κ2) is 5.53. The molecule has 1 unspecified atom stereocenters. The van der Waals surface area contributed by atoms with E-state index in [4.69, 9.17) is 0 Å². The van der Waals surface area contributed by atoms with Gasteiger partial charge in [0.15, 0.2) is 0 Å². The highest BCUT2D eigenvalue weighted by atomic mass is 79.9. The van der Waals surface area contributed by atoms with Gasteiger partial charge in [-0.3, -0.25) is 0 Å². The summed E-state index contributed by atoms with van der Waals surface area (Å²) in [5, 5.41) is 10.5. The van der Waals surface area contributed by atoms with E-state index < -0.39 is 0 Å². The van der Waals surface area contributed by atoms with Gasteiger partial charge in [-0.05, 0) is 49.3 Å². The summed E-state index contributed by atoms with van der Waals surface area (Å²) in [6.45, 7) is 4.18. The van der Waals surface area contributed by atoms with Gasteiger partial charge in [0.25, 0.3) is 0 Å². The Balaban J connectivity index is 2.21. The van der Waals surface area contributed by atoms with E-state index in [1.54, 1.807) is 0 Å². The molecule has 1 N–H and O–H groups in total. The van der Waals surface area contributed by atoms with Crippen LogP contribution in [0.3, 0.4) is 0 Å². The molecule has 2 rings (SSSR count). The average Bonchev–Trinajstić information content (AvgIpc) is 2.35. The Morgan fingerprint density at radius 1 is 1.12 bits per heavy atom. The lowest BCUT2D eigenvalue weighted by atomic mass is 9.82. The number of aryl methyl sites for hydroxylation is 2. The van der Waals surface area contributed by atoms with Crippen LogP contribution in [0.15, 0.2) is 16.6 Å². The lowest BCUT2D eigenvalue weighted by molar-refractivity contribution is 0.0847. The Labute approximate surface area is 112 Å². The first kappa shape index (κ1) is 13.1. The normalized spacial score (nSPS) is 19.3. The van der Waals surface area contributed by atoms with Gasteiger partial charge in [0.1, 0.15) is 0 Å². The van der Waals surface area contributed by atoms with Crippen LogP contribution >= 0.6 is 15.9 Å². The van der Waals surface area contributed by atoms with Gasteiger partial charge >= 0.3 is 0 Å². The summed E-state index contributed by atoms with van der Waals surface area (Å²) < 4.78 is 1.16. The number of hydrogen-bond donors (Lipinski definition) is 1. The Morgan fingerprint density at radius 3 is 2.18 bits per heavy atom. The van der Waals surface area contributed by atoms with Crippen molar-refractivity contribution in [3.05, 3.63) is 33.3 Å². The van der Waals surface area contributed by atoms with Crippen LogP contribution in [0.5, 0.6) is 0 Å². The van der Waals surface area contributed by atoms with Gasteiger partial charge in [0, 0.05) is 4.47 Å². The molecule has 0 amide bonds. The van der Waals surface area contributed by atoms with Crippen LogP contribution in [0.1, 0.15) is 54.9 Å². The fourth-order valence-electron chi connectivity index (χ4n) is 2.87. The molecule has 0 bridgehead atoms. The van der Waals surface area contributed by atoms with Crippen molar-refractivity contribution >= 4 is 15.9 Å². The first-order valence-corrected chi connectivity index (χ1v) is 7.33. The molecule has 94 valence electrons. The summed E-state index contributed by atoms with van der Waals surface area (Å²) in [5.41, 5.74) is 3.53. The molecule has 1 aromatic rings. The molecule has 1 saturated carbocycles. The zero-order chi connectivity index (χ0) is 12.4. The first-order valence-electron chi connectivity index (χ1n) is 6.54. The molecule has 0 spiro atoms. The van der Waals surface area contributed by atoms with Crippen LogP contribution in [0.2, 0.25) is 0 Å². The minimum atomic E-state index is -0.277. The van der Waals surface area contributed by atoms with E-state index in [0.717, 1.165) is 10.0 Å². The Hall–Kier alpha value is -0.340. The maximum absolute atomic E-state index is 10.5. The highest BCUT2D eigenvalue weighted by molar-refractivity contribution is 9.10. The lowest BCUT2D eigenvalue weighted by Gasteiger charge is -2.27. The predicted octanol–water partition coefficient (Wildman–Crippen LogP) is 4.68. The molecule has 1 atom stereocenters. The molecule has 0 saturated heterocycles. The van der Waals surface area contributed by atoms with Crippen molar-refractivity contribution in [2.24, 2.45) is 5.92 Å². The zero-order valence-electron chi connectivity index (χ0n) is 10.7. The van der Waals surface area contributed by atoms with Gasteiger partial charge in [-0.15, -0.1) is 0 Å². The molecule has 1 fully saturated rings. The van der Waals surface area contributed by atoms with E-state index in [2.05, 4.69) is 41.9 Å². The smallest absolute Gasteiger partial charge is 0.0818 e. The number of hydrogen-bond acceptors (Lipinski definition) is 1. The minimum Gasteiger partial charge on any atom is -0.388 e. The fraction of sp³-hybridized carbons (Fsp3) is 0.600. The van der Waals surface area contributed by atoms with Gasteiger partial charge in [-0.25, -0.2) is 0 Å². The van der Waals surface area contributed by atoms with Gasteiger partial charge in [-0.1, -0.05) is 47.3 Å². The molecule has 1 nitrogen and oxygen atoms in total. The van der Waals surface area contributed by atoms with Crippen LogP contribution in [0.4, 0.5) is 0 Å². The third-order valence-corrected chi connectivity index (χ3v) is 5.15. The zero-order valence-corrected chi connectivity index (χ0v) is 12.3. The van der Waals surface area contributed by atoms with E-state index >= 15 is 0 Å². The molecule has 17 heavy (non-hydrogen) atoms. The Kier molecular flexibility index (Phi) is 4.26. The lowest BCUT2D eigenvalue weighted by Crippen LogP contribution is -2.16. The molecule has 1 aliphatic rings. The predicted molar refractivity (Wildman–Crippen MR) is 75.2 cm³/mol. The van der Waals surface area contributed by atoms with E-state index in [1.807, 2.05) is 0 Å². The summed E-state index contributed by atoms with van der Waals surface area (Å²) in [7, 11) is 0. The topological polar surface area (TPSA) is 20.2 Å². The molecule has 0 aliphatic heterocycles. The van der Waals surface area contributed by atoms with E-state index in [9.17, 15) is 5.11 Å². The monoisotopic (exact) mass is 296 g/mol. The quantitative estimate of drug-likeness (QED) is 0.840. The second-order valence-electron chi connectivity index (χ2n) is 5.31. The van der Waals surface area contributed by atoms with Crippen molar-refractivity contribution in [1.29, 1.82) is 0 Å². The SMILES string of the molecule is Cc1cc(C(O)C2CCCCC2)cc(C)c1Br. The minimum absolute atomic E-state index is 0.277. The summed E-state index contributed by atoms with van der Waals surface area (Å²) in [6, 6.07) is 4.24. The van der Waals surface area contributed by atoms with Crippen molar-refractivity contribution in [3.8, 4) is 0 Å². The second-order valence-corrected chi connectivity index (χ2v) is 6.10. The number of benzene rings is 1. The standard InChI is InChI=1S/C15H21BrO/c1-10-8-13(9-11(2)14(10)16)15(17)12-6-4-3-5-7-12/h8-9,12,15,17H,3-7H2,1-2H3. The molecule has 0 heterocycles. The van der Waals surface area contributed by atoms with E-state index in [-0.39, 0.29) is 6.10 Å². The van der Waals surface area contributed by atoms with Crippen LogP contribution in [-0.4, -0.2) is 5.11 Å². The third-order valence-electron chi connectivity index (χ3n) is 3.90. The van der Waals surface area contributed by atoms with Gasteiger partial charge < -0.3 is 5.11 Å². The van der Waals surface area contributed by atoms with Crippen molar-refractivity contribution in [3.63, 3.8) is 0 Å². The number of halogens is 1. The van der Waals surface area contributed by atoms with Crippen LogP contribution in [0, 0.1) is 19.8 Å². The summed E-state index contributed by atoms with van der Waals surface area (Å²) in [5.74, 6) is 0.462. The van der Waals surface area contributed by atoms with Crippen LogP contribution in [-0.2, 0) is 0 Å². The fourth-order valence-corrected chi connectivity index (χ4v) is 3.10. The maximum atomic E-state index is 10.5. The van der Waals surface area contributed by atoms with Crippen molar-refractivity contribution in [1.82, 2.24) is 0 Å². The largest absolute Gasteiger partial charge is 0.388 e. The molecule has 1 aromatic carbocycles. The summed E-state index contributed by atoms with van der Waals surface area (Å²) in [4.78, 5) is 0. The Morgan fingerprint density at radius 2 is 1.65 bits per heavy atom. The van der Waals surface area contributed by atoms with Gasteiger partial charge in [0.05, 0.1) is 6.10 Å². The third kappa shape index (κ3) is 2.92. The van der Waals surface area contributed by atoms with Crippen LogP contribution < -0.4 is 0 Å². The van der Waals surface area contributed by atoms with E-state index in [0.29, 0.717) is 5.92 Å². The van der Waals surface area contributed by atoms with Gasteiger partial charge in [0.2, 0.25) is 0 Å². The van der Waals surface area contributed by atoms with Crippen molar-refractivity contribution in [2.45, 2.75) is 52.1 Å². The van der Waals surface area contributed by atoms with E-state index in [1.165, 1.54) is 43.2 Å². The molecular weight excluding hydrogens is 276 g/mol. The number of rotatable bonds is 2. The van der Waals surface area contributed by atoms with Gasteiger partial charge in [-0.2, -0.15) is 0 Å².